The zero-order chi connectivity index (χ0) is 16.7. The summed E-state index contributed by atoms with van der Waals surface area (Å²) in [6.07, 6.45) is -1.73. The van der Waals surface area contributed by atoms with Crippen LogP contribution in [0.15, 0.2) is 4.99 Å². The molecule has 4 atom stereocenters. The van der Waals surface area contributed by atoms with Gasteiger partial charge in [-0.25, -0.2) is 0 Å². The van der Waals surface area contributed by atoms with Crippen LogP contribution in [0, 0.1) is 0 Å². The molecule has 1 amide bonds. The molecule has 124 valence electrons. The molecule has 0 aliphatic carbocycles. The molecular weight excluding hydrogens is 296 g/mol. The number of nitrogens with two attached hydrogens (primary N) is 1. The maximum atomic E-state index is 11.2. The second-order valence-electron chi connectivity index (χ2n) is 4.64. The van der Waals surface area contributed by atoms with Gasteiger partial charge in [0.05, 0.1) is 6.42 Å². The third-order valence-corrected chi connectivity index (χ3v) is 2.86. The van der Waals surface area contributed by atoms with Gasteiger partial charge >= 0.3 is 11.9 Å². The Labute approximate surface area is 127 Å². The number of rotatable bonds is 7. The summed E-state index contributed by atoms with van der Waals surface area (Å²) in [5.41, 5.74) is 5.02. The molecule has 9 nitrogen and oxygen atoms in total. The molecule has 1 aliphatic heterocycles. The van der Waals surface area contributed by atoms with Crippen molar-refractivity contribution in [3.63, 3.8) is 0 Å². The quantitative estimate of drug-likeness (QED) is 0.479. The Morgan fingerprint density at radius 1 is 1.23 bits per heavy atom. The van der Waals surface area contributed by atoms with Gasteiger partial charge in [-0.2, -0.15) is 0 Å². The first-order valence-electron chi connectivity index (χ1n) is 6.64. The molecule has 0 bridgehead atoms. The minimum Gasteiger partial charge on any atom is -0.463 e. The van der Waals surface area contributed by atoms with E-state index in [-0.39, 0.29) is 13.0 Å². The van der Waals surface area contributed by atoms with Gasteiger partial charge in [-0.05, 0) is 0 Å². The van der Waals surface area contributed by atoms with Crippen molar-refractivity contribution < 1.29 is 33.3 Å². The number of primary amides is 1. The zero-order valence-electron chi connectivity index (χ0n) is 12.7. The molecule has 4 unspecified atom stereocenters. The van der Waals surface area contributed by atoms with Crippen molar-refractivity contribution in [2.45, 2.75) is 44.8 Å². The molecule has 0 spiro atoms. The van der Waals surface area contributed by atoms with E-state index in [9.17, 15) is 14.4 Å². The Morgan fingerprint density at radius 2 is 1.91 bits per heavy atom. The van der Waals surface area contributed by atoms with E-state index in [1.807, 2.05) is 0 Å². The first-order valence-corrected chi connectivity index (χ1v) is 6.64. The van der Waals surface area contributed by atoms with Crippen LogP contribution in [0.25, 0.3) is 0 Å². The van der Waals surface area contributed by atoms with Gasteiger partial charge in [0.15, 0.2) is 12.3 Å². The summed E-state index contributed by atoms with van der Waals surface area (Å²) >= 11 is 0. The third kappa shape index (κ3) is 5.41. The van der Waals surface area contributed by atoms with Gasteiger partial charge in [0, 0.05) is 27.2 Å². The number of amides is 1. The topological polar surface area (TPSA) is 127 Å². The molecular formula is C13H20N2O7. The van der Waals surface area contributed by atoms with Gasteiger partial charge in [0.1, 0.15) is 18.8 Å². The number of hydrogen-bond acceptors (Lipinski definition) is 8. The number of aliphatic imine (C=N–C) groups is 1. The Kier molecular flexibility index (Phi) is 6.93. The monoisotopic (exact) mass is 316 g/mol. The van der Waals surface area contributed by atoms with Gasteiger partial charge in [-0.1, -0.05) is 0 Å². The van der Waals surface area contributed by atoms with Crippen LogP contribution in [0.2, 0.25) is 0 Å². The number of carbonyl (C=O) groups excluding carboxylic acids is 3. The van der Waals surface area contributed by atoms with E-state index in [2.05, 4.69) is 4.99 Å². The van der Waals surface area contributed by atoms with Crippen LogP contribution >= 0.6 is 0 Å². The standard InChI is InChI=1S/C13H20N2O7/c1-7(16)20-6-9-11(21-8(2)17)12(19-3)13(22-9)15-5-4-10(14)18/h5,9,11-13H,4,6H2,1-3H3,(H2,14,18). The average molecular weight is 316 g/mol. The fourth-order valence-corrected chi connectivity index (χ4v) is 1.99. The highest BCUT2D eigenvalue weighted by atomic mass is 16.6. The van der Waals surface area contributed by atoms with Gasteiger partial charge in [0.25, 0.3) is 0 Å². The fraction of sp³-hybridized carbons (Fsp3) is 0.692. The summed E-state index contributed by atoms with van der Waals surface area (Å²) in [5.74, 6) is -1.55. The maximum Gasteiger partial charge on any atom is 0.303 e. The lowest BCUT2D eigenvalue weighted by molar-refractivity contribution is -0.157. The predicted molar refractivity (Wildman–Crippen MR) is 73.9 cm³/mol. The molecule has 9 heteroatoms. The second-order valence-corrected chi connectivity index (χ2v) is 4.64. The number of nitrogens with zero attached hydrogens (tertiary/aromatic N) is 1. The van der Waals surface area contributed by atoms with Gasteiger partial charge < -0.3 is 24.7 Å². The minimum absolute atomic E-state index is 0.0524. The van der Waals surface area contributed by atoms with Crippen molar-refractivity contribution in [1.29, 1.82) is 0 Å². The van der Waals surface area contributed by atoms with Crippen molar-refractivity contribution in [1.82, 2.24) is 0 Å². The summed E-state index contributed by atoms with van der Waals surface area (Å²) in [7, 11) is 1.41. The van der Waals surface area contributed by atoms with Crippen LogP contribution in [0.1, 0.15) is 20.3 Å². The van der Waals surface area contributed by atoms with Crippen molar-refractivity contribution >= 4 is 24.1 Å². The SMILES string of the molecule is COC1C(N=CCC(N)=O)OC(COC(C)=O)C1OC(C)=O. The molecule has 1 rings (SSSR count). The molecule has 0 aromatic rings. The highest BCUT2D eigenvalue weighted by Gasteiger charge is 2.47. The van der Waals surface area contributed by atoms with E-state index in [1.165, 1.54) is 27.2 Å². The van der Waals surface area contributed by atoms with E-state index in [1.54, 1.807) is 0 Å². The number of hydrogen-bond donors (Lipinski definition) is 1. The van der Waals surface area contributed by atoms with E-state index >= 15 is 0 Å². The van der Waals surface area contributed by atoms with E-state index in [4.69, 9.17) is 24.7 Å². The largest absolute Gasteiger partial charge is 0.463 e. The first-order chi connectivity index (χ1) is 10.3. The van der Waals surface area contributed by atoms with Crippen molar-refractivity contribution in [2.75, 3.05) is 13.7 Å². The normalized spacial score (nSPS) is 27.8. The van der Waals surface area contributed by atoms with Crippen LogP contribution < -0.4 is 5.73 Å². The Balaban J connectivity index is 2.81. The number of esters is 2. The summed E-state index contributed by atoms with van der Waals surface area (Å²) < 4.78 is 20.9. The molecule has 0 aromatic heterocycles. The maximum absolute atomic E-state index is 11.2. The van der Waals surface area contributed by atoms with Crippen LogP contribution in [0.5, 0.6) is 0 Å². The summed E-state index contributed by atoms with van der Waals surface area (Å²) in [6, 6.07) is 0. The molecule has 0 saturated carbocycles. The summed E-state index contributed by atoms with van der Waals surface area (Å²) in [6.45, 7) is 2.40. The highest BCUT2D eigenvalue weighted by Crippen LogP contribution is 2.27. The van der Waals surface area contributed by atoms with Crippen molar-refractivity contribution in [3.05, 3.63) is 0 Å². The molecule has 2 N–H and O–H groups in total. The second kappa shape index (κ2) is 8.44. The Morgan fingerprint density at radius 3 is 2.41 bits per heavy atom. The molecule has 1 heterocycles. The lowest BCUT2D eigenvalue weighted by atomic mass is 10.1. The lowest BCUT2D eigenvalue weighted by Gasteiger charge is -2.21. The van der Waals surface area contributed by atoms with Crippen LogP contribution in [0.4, 0.5) is 0 Å². The van der Waals surface area contributed by atoms with Crippen LogP contribution in [-0.2, 0) is 33.3 Å². The van der Waals surface area contributed by atoms with Gasteiger partial charge in [-0.15, -0.1) is 0 Å². The zero-order valence-corrected chi connectivity index (χ0v) is 12.7. The Bertz CT molecular complexity index is 452. The molecule has 1 saturated heterocycles. The Hall–Kier alpha value is -2.00. The predicted octanol–water partition coefficient (Wildman–Crippen LogP) is -0.833. The molecule has 22 heavy (non-hydrogen) atoms. The van der Waals surface area contributed by atoms with Crippen LogP contribution in [-0.4, -0.2) is 62.3 Å². The van der Waals surface area contributed by atoms with Gasteiger partial charge in [0.2, 0.25) is 5.91 Å². The lowest BCUT2D eigenvalue weighted by Crippen LogP contribution is -2.39. The van der Waals surface area contributed by atoms with Crippen molar-refractivity contribution in [2.24, 2.45) is 10.7 Å². The van der Waals surface area contributed by atoms with E-state index < -0.39 is 42.4 Å². The molecule has 0 aromatic carbocycles. The van der Waals surface area contributed by atoms with E-state index in [0.29, 0.717) is 0 Å². The fourth-order valence-electron chi connectivity index (χ4n) is 1.99. The minimum atomic E-state index is -0.797. The third-order valence-electron chi connectivity index (χ3n) is 2.86. The molecule has 1 aliphatic rings. The summed E-state index contributed by atoms with van der Waals surface area (Å²) in [4.78, 5) is 36.9. The number of carbonyl (C=O) groups is 3. The highest BCUT2D eigenvalue weighted by molar-refractivity contribution is 5.88. The number of ether oxygens (including phenoxy) is 4. The first kappa shape index (κ1) is 18.1. The number of methoxy groups -OCH3 is 1. The summed E-state index contributed by atoms with van der Waals surface area (Å²) in [5, 5.41) is 0. The van der Waals surface area contributed by atoms with Crippen molar-refractivity contribution in [3.8, 4) is 0 Å². The smallest absolute Gasteiger partial charge is 0.303 e. The molecule has 1 fully saturated rings. The van der Waals surface area contributed by atoms with E-state index in [0.717, 1.165) is 0 Å². The average Bonchev–Trinajstić information content (AvgIpc) is 2.72. The molecule has 0 radical (unpaired) electrons. The van der Waals surface area contributed by atoms with Crippen LogP contribution in [0.3, 0.4) is 0 Å². The van der Waals surface area contributed by atoms with Gasteiger partial charge in [-0.3, -0.25) is 19.4 Å².